The fraction of sp³-hybridized carbons (Fsp3) is 0.294. The van der Waals surface area contributed by atoms with Crippen LogP contribution in [0.1, 0.15) is 5.56 Å². The Morgan fingerprint density at radius 1 is 0.952 bits per heavy atom. The van der Waals surface area contributed by atoms with Crippen molar-refractivity contribution in [1.82, 2.24) is 5.32 Å². The van der Waals surface area contributed by atoms with E-state index in [2.05, 4.69) is 35.6 Å². The lowest BCUT2D eigenvalue weighted by atomic mass is 10.1. The summed E-state index contributed by atoms with van der Waals surface area (Å²) in [7, 11) is 0. The standard InChI is InChI=1S/C17H19NO2S/c1-2-6-15(7-3-1)21-12-9-18-13-14-5-4-8-16-17(14)20-11-10-19-16/h1-8,18H,9-13H2. The maximum atomic E-state index is 5.71. The first-order valence-electron chi connectivity index (χ1n) is 7.19. The fourth-order valence-corrected chi connectivity index (χ4v) is 3.09. The molecule has 1 heterocycles. The highest BCUT2D eigenvalue weighted by Gasteiger charge is 2.14. The molecule has 0 atom stereocenters. The maximum Gasteiger partial charge on any atom is 0.165 e. The summed E-state index contributed by atoms with van der Waals surface area (Å²) in [6.45, 7) is 3.04. The van der Waals surface area contributed by atoms with Crippen molar-refractivity contribution in [3.63, 3.8) is 0 Å². The second-order valence-corrected chi connectivity index (χ2v) is 5.95. The van der Waals surface area contributed by atoms with Gasteiger partial charge in [0, 0.05) is 29.3 Å². The summed E-state index contributed by atoms with van der Waals surface area (Å²) < 4.78 is 11.3. The van der Waals surface area contributed by atoms with Gasteiger partial charge in [-0.3, -0.25) is 0 Å². The number of hydrogen-bond donors (Lipinski definition) is 1. The molecule has 3 rings (SSSR count). The van der Waals surface area contributed by atoms with Gasteiger partial charge in [0.2, 0.25) is 0 Å². The lowest BCUT2D eigenvalue weighted by Gasteiger charge is -2.21. The Hall–Kier alpha value is -1.65. The Morgan fingerprint density at radius 3 is 2.71 bits per heavy atom. The topological polar surface area (TPSA) is 30.5 Å². The Bertz CT molecular complexity index is 574. The molecule has 3 nitrogen and oxygen atoms in total. The van der Waals surface area contributed by atoms with Gasteiger partial charge < -0.3 is 14.8 Å². The molecule has 21 heavy (non-hydrogen) atoms. The van der Waals surface area contributed by atoms with Crippen LogP contribution in [-0.4, -0.2) is 25.5 Å². The molecule has 0 saturated carbocycles. The molecule has 1 aliphatic heterocycles. The molecule has 2 aromatic carbocycles. The number of rotatable bonds is 6. The Kier molecular flexibility index (Phi) is 5.03. The zero-order valence-corrected chi connectivity index (χ0v) is 12.7. The molecule has 110 valence electrons. The Morgan fingerprint density at radius 2 is 1.81 bits per heavy atom. The second-order valence-electron chi connectivity index (χ2n) is 4.78. The van der Waals surface area contributed by atoms with Gasteiger partial charge >= 0.3 is 0 Å². The molecule has 4 heteroatoms. The van der Waals surface area contributed by atoms with Crippen LogP contribution in [-0.2, 0) is 6.54 Å². The van der Waals surface area contributed by atoms with Crippen LogP contribution in [0.3, 0.4) is 0 Å². The van der Waals surface area contributed by atoms with E-state index in [0.29, 0.717) is 13.2 Å². The predicted molar refractivity (Wildman–Crippen MR) is 86.3 cm³/mol. The molecule has 0 aliphatic carbocycles. The first-order chi connectivity index (χ1) is 10.4. The van der Waals surface area contributed by atoms with Crippen LogP contribution in [0, 0.1) is 0 Å². The predicted octanol–water partition coefficient (Wildman–Crippen LogP) is 3.34. The third-order valence-electron chi connectivity index (χ3n) is 3.25. The summed E-state index contributed by atoms with van der Waals surface area (Å²) in [5.41, 5.74) is 1.16. The van der Waals surface area contributed by atoms with Crippen molar-refractivity contribution in [2.45, 2.75) is 11.4 Å². The number of para-hydroxylation sites is 1. The van der Waals surface area contributed by atoms with Gasteiger partial charge in [0.05, 0.1) is 0 Å². The lowest BCUT2D eigenvalue weighted by Crippen LogP contribution is -2.20. The van der Waals surface area contributed by atoms with E-state index < -0.39 is 0 Å². The van der Waals surface area contributed by atoms with Crippen molar-refractivity contribution < 1.29 is 9.47 Å². The molecule has 1 aliphatic rings. The molecule has 0 saturated heterocycles. The van der Waals surface area contributed by atoms with Crippen molar-refractivity contribution in [2.75, 3.05) is 25.5 Å². The van der Waals surface area contributed by atoms with E-state index in [1.807, 2.05) is 30.0 Å². The average Bonchev–Trinajstić information content (AvgIpc) is 2.56. The first-order valence-corrected chi connectivity index (χ1v) is 8.18. The van der Waals surface area contributed by atoms with Gasteiger partial charge in [-0.25, -0.2) is 0 Å². The van der Waals surface area contributed by atoms with Gasteiger partial charge in [-0.15, -0.1) is 11.8 Å². The zero-order chi connectivity index (χ0) is 14.3. The maximum absolute atomic E-state index is 5.71. The van der Waals surface area contributed by atoms with Gasteiger partial charge in [-0.1, -0.05) is 30.3 Å². The molecule has 0 unspecified atom stereocenters. The average molecular weight is 301 g/mol. The van der Waals surface area contributed by atoms with E-state index in [4.69, 9.17) is 9.47 Å². The molecular formula is C17H19NO2S. The first kappa shape index (κ1) is 14.3. The van der Waals surface area contributed by atoms with Crippen LogP contribution >= 0.6 is 11.8 Å². The smallest absolute Gasteiger partial charge is 0.165 e. The number of hydrogen-bond acceptors (Lipinski definition) is 4. The molecule has 0 fully saturated rings. The third kappa shape index (κ3) is 3.93. The highest BCUT2D eigenvalue weighted by Crippen LogP contribution is 2.33. The minimum Gasteiger partial charge on any atom is -0.486 e. The van der Waals surface area contributed by atoms with E-state index in [-0.39, 0.29) is 0 Å². The Balaban J connectivity index is 1.45. The van der Waals surface area contributed by atoms with E-state index >= 15 is 0 Å². The monoisotopic (exact) mass is 301 g/mol. The van der Waals surface area contributed by atoms with E-state index in [0.717, 1.165) is 35.9 Å². The number of ether oxygens (including phenoxy) is 2. The highest BCUT2D eigenvalue weighted by atomic mass is 32.2. The third-order valence-corrected chi connectivity index (χ3v) is 4.27. The Labute approximate surface area is 129 Å². The van der Waals surface area contributed by atoms with Crippen molar-refractivity contribution in [3.05, 3.63) is 54.1 Å². The van der Waals surface area contributed by atoms with Crippen LogP contribution in [0.4, 0.5) is 0 Å². The highest BCUT2D eigenvalue weighted by molar-refractivity contribution is 7.99. The molecular weight excluding hydrogens is 282 g/mol. The molecule has 0 amide bonds. The molecule has 0 radical (unpaired) electrons. The van der Waals surface area contributed by atoms with Gasteiger partial charge in [-0.2, -0.15) is 0 Å². The lowest BCUT2D eigenvalue weighted by molar-refractivity contribution is 0.169. The SMILES string of the molecule is c1ccc(SCCNCc2cccc3c2OCCO3)cc1. The van der Waals surface area contributed by atoms with Crippen LogP contribution in [0.5, 0.6) is 11.5 Å². The van der Waals surface area contributed by atoms with Crippen LogP contribution < -0.4 is 14.8 Å². The van der Waals surface area contributed by atoms with Gasteiger partial charge in [0.1, 0.15) is 13.2 Å². The number of thioether (sulfide) groups is 1. The number of benzene rings is 2. The van der Waals surface area contributed by atoms with Gasteiger partial charge in [-0.05, 0) is 18.2 Å². The van der Waals surface area contributed by atoms with Crippen LogP contribution in [0.15, 0.2) is 53.4 Å². The minimum absolute atomic E-state index is 0.633. The number of fused-ring (bicyclic) bond motifs is 1. The van der Waals surface area contributed by atoms with Gasteiger partial charge in [0.15, 0.2) is 11.5 Å². The summed E-state index contributed by atoms with van der Waals surface area (Å²) in [5.74, 6) is 2.81. The van der Waals surface area contributed by atoms with E-state index in [1.54, 1.807) is 0 Å². The number of nitrogens with one attached hydrogen (secondary N) is 1. The molecule has 2 aromatic rings. The molecule has 0 spiro atoms. The summed E-state index contributed by atoms with van der Waals surface area (Å²) in [5, 5.41) is 3.47. The summed E-state index contributed by atoms with van der Waals surface area (Å²) >= 11 is 1.87. The van der Waals surface area contributed by atoms with Crippen molar-refractivity contribution in [1.29, 1.82) is 0 Å². The van der Waals surface area contributed by atoms with Crippen LogP contribution in [0.25, 0.3) is 0 Å². The van der Waals surface area contributed by atoms with Crippen LogP contribution in [0.2, 0.25) is 0 Å². The molecule has 0 aromatic heterocycles. The second kappa shape index (κ2) is 7.38. The van der Waals surface area contributed by atoms with Crippen molar-refractivity contribution in [2.24, 2.45) is 0 Å². The van der Waals surface area contributed by atoms with E-state index in [9.17, 15) is 0 Å². The minimum atomic E-state index is 0.633. The largest absolute Gasteiger partial charge is 0.486 e. The summed E-state index contributed by atoms with van der Waals surface area (Å²) in [6.07, 6.45) is 0. The van der Waals surface area contributed by atoms with Crippen molar-refractivity contribution >= 4 is 11.8 Å². The quantitative estimate of drug-likeness (QED) is 0.655. The normalized spacial score (nSPS) is 13.1. The zero-order valence-electron chi connectivity index (χ0n) is 11.9. The molecule has 1 N–H and O–H groups in total. The van der Waals surface area contributed by atoms with E-state index in [1.165, 1.54) is 4.90 Å². The fourth-order valence-electron chi connectivity index (χ4n) is 2.25. The molecule has 0 bridgehead atoms. The summed E-state index contributed by atoms with van der Waals surface area (Å²) in [4.78, 5) is 1.31. The summed E-state index contributed by atoms with van der Waals surface area (Å²) in [6, 6.07) is 16.5. The van der Waals surface area contributed by atoms with Crippen molar-refractivity contribution in [3.8, 4) is 11.5 Å². The van der Waals surface area contributed by atoms with Gasteiger partial charge in [0.25, 0.3) is 0 Å².